The molecule has 8 heteroatoms. The van der Waals surface area contributed by atoms with Crippen LogP contribution in [0.2, 0.25) is 0 Å². The number of nitrogens with zero attached hydrogens (tertiary/aromatic N) is 4. The van der Waals surface area contributed by atoms with Crippen molar-refractivity contribution in [1.29, 1.82) is 0 Å². The second-order valence-electron chi connectivity index (χ2n) is 5.15. The van der Waals surface area contributed by atoms with Crippen LogP contribution in [-0.2, 0) is 6.54 Å². The fourth-order valence-corrected chi connectivity index (χ4v) is 2.07. The van der Waals surface area contributed by atoms with Gasteiger partial charge >= 0.3 is 5.76 Å². The molecule has 22 heavy (non-hydrogen) atoms. The van der Waals surface area contributed by atoms with Crippen molar-refractivity contribution >= 4 is 0 Å². The molecular formula is C14H11FN4O3. The van der Waals surface area contributed by atoms with Crippen molar-refractivity contribution in [2.45, 2.75) is 25.3 Å². The summed E-state index contributed by atoms with van der Waals surface area (Å²) < 4.78 is 24.5. The van der Waals surface area contributed by atoms with E-state index in [1.165, 1.54) is 24.3 Å². The Bertz CT molecular complexity index is 861. The van der Waals surface area contributed by atoms with Crippen LogP contribution in [0.25, 0.3) is 11.5 Å². The highest BCUT2D eigenvalue weighted by Gasteiger charge is 2.29. The fourth-order valence-electron chi connectivity index (χ4n) is 2.07. The van der Waals surface area contributed by atoms with Crippen LogP contribution in [0.1, 0.15) is 30.5 Å². The topological polar surface area (TPSA) is 87.0 Å². The molecular weight excluding hydrogens is 291 g/mol. The normalized spacial score (nSPS) is 14.4. The summed E-state index contributed by atoms with van der Waals surface area (Å²) in [6, 6.07) is 5.52. The van der Waals surface area contributed by atoms with Crippen LogP contribution in [0.5, 0.6) is 0 Å². The average Bonchev–Trinajstić information content (AvgIpc) is 3.16. The first-order valence-electron chi connectivity index (χ1n) is 6.85. The smallest absolute Gasteiger partial charge is 0.423 e. The summed E-state index contributed by atoms with van der Waals surface area (Å²) in [4.78, 5) is 11.8. The third-order valence-electron chi connectivity index (χ3n) is 3.39. The Morgan fingerprint density at radius 3 is 2.68 bits per heavy atom. The fraction of sp³-hybridized carbons (Fsp3) is 0.286. The highest BCUT2D eigenvalue weighted by atomic mass is 19.1. The quantitative estimate of drug-likeness (QED) is 0.732. The van der Waals surface area contributed by atoms with Gasteiger partial charge in [0.15, 0.2) is 0 Å². The molecule has 0 bridgehead atoms. The van der Waals surface area contributed by atoms with E-state index in [0.717, 1.165) is 17.5 Å². The molecule has 7 nitrogen and oxygen atoms in total. The minimum absolute atomic E-state index is 0.0449. The van der Waals surface area contributed by atoms with Crippen LogP contribution in [0.15, 0.2) is 37.9 Å². The largest absolute Gasteiger partial charge is 0.437 e. The molecule has 112 valence electrons. The van der Waals surface area contributed by atoms with E-state index in [0.29, 0.717) is 23.3 Å². The minimum Gasteiger partial charge on any atom is -0.423 e. The van der Waals surface area contributed by atoms with Gasteiger partial charge in [0.1, 0.15) is 12.4 Å². The number of hydrogen-bond donors (Lipinski definition) is 0. The summed E-state index contributed by atoms with van der Waals surface area (Å²) in [5.74, 6) is 0.375. The Hall–Kier alpha value is -2.77. The molecule has 0 N–H and O–H groups in total. The van der Waals surface area contributed by atoms with Crippen LogP contribution in [0.3, 0.4) is 0 Å². The molecule has 0 spiro atoms. The molecule has 2 heterocycles. The number of rotatable bonds is 4. The monoisotopic (exact) mass is 302 g/mol. The summed E-state index contributed by atoms with van der Waals surface area (Å²) in [5.41, 5.74) is 0.515. The van der Waals surface area contributed by atoms with Crippen LogP contribution < -0.4 is 5.76 Å². The van der Waals surface area contributed by atoms with Crippen molar-refractivity contribution in [3.8, 4) is 11.5 Å². The first-order valence-corrected chi connectivity index (χ1v) is 6.85. The van der Waals surface area contributed by atoms with Crippen molar-refractivity contribution in [2.75, 3.05) is 0 Å². The van der Waals surface area contributed by atoms with Crippen LogP contribution in [-0.4, -0.2) is 20.0 Å². The lowest BCUT2D eigenvalue weighted by molar-refractivity contribution is 0.416. The molecule has 0 aliphatic heterocycles. The Morgan fingerprint density at radius 1 is 1.18 bits per heavy atom. The van der Waals surface area contributed by atoms with Gasteiger partial charge in [0.25, 0.3) is 0 Å². The van der Waals surface area contributed by atoms with E-state index in [1.807, 2.05) is 0 Å². The van der Waals surface area contributed by atoms with Gasteiger partial charge in [-0.1, -0.05) is 0 Å². The van der Waals surface area contributed by atoms with Crippen LogP contribution in [0.4, 0.5) is 4.39 Å². The van der Waals surface area contributed by atoms with E-state index in [4.69, 9.17) is 8.83 Å². The van der Waals surface area contributed by atoms with Crippen molar-refractivity contribution in [1.82, 2.24) is 20.0 Å². The SMILES string of the molecule is O=c1oc(-c2ccc(F)cc2)nn1Cc1nnc(C2CC2)o1. The molecule has 1 aliphatic rings. The second kappa shape index (κ2) is 4.90. The number of benzene rings is 1. The molecule has 0 amide bonds. The summed E-state index contributed by atoms with van der Waals surface area (Å²) in [6.45, 7) is 0.0449. The van der Waals surface area contributed by atoms with Crippen molar-refractivity contribution in [2.24, 2.45) is 0 Å². The zero-order chi connectivity index (χ0) is 15.1. The highest BCUT2D eigenvalue weighted by molar-refractivity contribution is 5.51. The third kappa shape index (κ3) is 2.43. The lowest BCUT2D eigenvalue weighted by Gasteiger charge is -1.94. The first kappa shape index (κ1) is 12.9. The van der Waals surface area contributed by atoms with E-state index in [9.17, 15) is 9.18 Å². The van der Waals surface area contributed by atoms with Crippen LogP contribution >= 0.6 is 0 Å². The van der Waals surface area contributed by atoms with Gasteiger partial charge in [0.2, 0.25) is 17.7 Å². The average molecular weight is 302 g/mol. The van der Waals surface area contributed by atoms with Gasteiger partial charge in [-0.15, -0.1) is 15.3 Å². The molecule has 1 aliphatic carbocycles. The summed E-state index contributed by atoms with van der Waals surface area (Å²) >= 11 is 0. The Morgan fingerprint density at radius 2 is 1.95 bits per heavy atom. The van der Waals surface area contributed by atoms with E-state index in [1.54, 1.807) is 0 Å². The molecule has 1 fully saturated rings. The van der Waals surface area contributed by atoms with Gasteiger partial charge in [-0.3, -0.25) is 0 Å². The Labute approximate surface area is 123 Å². The van der Waals surface area contributed by atoms with E-state index in [-0.39, 0.29) is 18.3 Å². The second-order valence-corrected chi connectivity index (χ2v) is 5.15. The predicted molar refractivity (Wildman–Crippen MR) is 71.5 cm³/mol. The van der Waals surface area contributed by atoms with Gasteiger partial charge in [-0.05, 0) is 37.1 Å². The van der Waals surface area contributed by atoms with Gasteiger partial charge in [0, 0.05) is 11.5 Å². The molecule has 0 saturated heterocycles. The Balaban J connectivity index is 1.59. The van der Waals surface area contributed by atoms with E-state index >= 15 is 0 Å². The molecule has 2 aromatic heterocycles. The van der Waals surface area contributed by atoms with Gasteiger partial charge in [0.05, 0.1) is 0 Å². The maximum absolute atomic E-state index is 12.9. The molecule has 3 aromatic rings. The maximum atomic E-state index is 12.9. The molecule has 0 radical (unpaired) electrons. The number of aromatic nitrogens is 4. The zero-order valence-electron chi connectivity index (χ0n) is 11.4. The molecule has 1 saturated carbocycles. The maximum Gasteiger partial charge on any atom is 0.437 e. The van der Waals surface area contributed by atoms with Crippen molar-refractivity contribution in [3.63, 3.8) is 0 Å². The molecule has 1 aromatic carbocycles. The van der Waals surface area contributed by atoms with Crippen molar-refractivity contribution < 1.29 is 13.2 Å². The van der Waals surface area contributed by atoms with Crippen LogP contribution in [0, 0.1) is 5.82 Å². The zero-order valence-corrected chi connectivity index (χ0v) is 11.4. The predicted octanol–water partition coefficient (Wildman–Crippen LogP) is 1.95. The summed E-state index contributed by atoms with van der Waals surface area (Å²) in [6.07, 6.45) is 2.11. The summed E-state index contributed by atoms with van der Waals surface area (Å²) in [5, 5.41) is 11.9. The molecule has 0 atom stereocenters. The lowest BCUT2D eigenvalue weighted by Crippen LogP contribution is -2.16. The van der Waals surface area contributed by atoms with Gasteiger partial charge in [-0.2, -0.15) is 4.68 Å². The summed E-state index contributed by atoms with van der Waals surface area (Å²) in [7, 11) is 0. The van der Waals surface area contributed by atoms with Crippen molar-refractivity contribution in [3.05, 3.63) is 52.4 Å². The van der Waals surface area contributed by atoms with E-state index < -0.39 is 5.76 Å². The van der Waals surface area contributed by atoms with E-state index in [2.05, 4.69) is 15.3 Å². The molecule has 4 rings (SSSR count). The first-order chi connectivity index (χ1) is 10.7. The number of hydrogen-bond acceptors (Lipinski definition) is 6. The third-order valence-corrected chi connectivity index (χ3v) is 3.39. The number of halogens is 1. The highest BCUT2D eigenvalue weighted by Crippen LogP contribution is 2.38. The standard InChI is InChI=1S/C14H11FN4O3/c15-10-5-3-9(4-6-10)13-18-19(14(20)22-13)7-11-16-17-12(21-11)8-1-2-8/h3-6,8H,1-2,7H2. The van der Waals surface area contributed by atoms with Gasteiger partial charge in [-0.25, -0.2) is 9.18 Å². The molecule has 0 unspecified atom stereocenters. The Kier molecular flexibility index (Phi) is 2.88. The minimum atomic E-state index is -0.634. The lowest BCUT2D eigenvalue weighted by atomic mass is 10.2. The van der Waals surface area contributed by atoms with Gasteiger partial charge < -0.3 is 8.83 Å².